The number of nitrogens with two attached hydrogens (primary N) is 1. The molecule has 2 rings (SSSR count). The van der Waals surface area contributed by atoms with Gasteiger partial charge in [0.2, 0.25) is 0 Å². The largest absolute Gasteiger partial charge is 0.322 e. The Bertz CT molecular complexity index is 361. The Kier molecular flexibility index (Phi) is 3.50. The Hall–Kier alpha value is -0.600. The van der Waals surface area contributed by atoms with E-state index in [0.29, 0.717) is 10.6 Å². The van der Waals surface area contributed by atoms with E-state index >= 15 is 0 Å². The van der Waals surface area contributed by atoms with E-state index in [1.807, 2.05) is 6.07 Å². The SMILES string of the molecule is NC1(C(F)c2ccccc2Cl)CCCCC1. The van der Waals surface area contributed by atoms with Gasteiger partial charge < -0.3 is 5.73 Å². The Labute approximate surface area is 101 Å². The summed E-state index contributed by atoms with van der Waals surface area (Å²) in [4.78, 5) is 0. The molecular formula is C13H17ClFN. The van der Waals surface area contributed by atoms with Gasteiger partial charge in [0.25, 0.3) is 0 Å². The Morgan fingerprint density at radius 2 is 1.81 bits per heavy atom. The normalized spacial score (nSPS) is 21.7. The van der Waals surface area contributed by atoms with Gasteiger partial charge in [0, 0.05) is 10.6 Å². The zero-order valence-corrected chi connectivity index (χ0v) is 10.0. The molecule has 0 radical (unpaired) electrons. The molecule has 0 spiro atoms. The van der Waals surface area contributed by atoms with E-state index < -0.39 is 11.7 Å². The molecule has 1 nitrogen and oxygen atoms in total. The molecule has 88 valence electrons. The Balaban J connectivity index is 2.24. The molecule has 1 saturated carbocycles. The van der Waals surface area contributed by atoms with E-state index in [1.54, 1.807) is 18.2 Å². The van der Waals surface area contributed by atoms with Crippen LogP contribution in [0.4, 0.5) is 4.39 Å². The van der Waals surface area contributed by atoms with Crippen LogP contribution in [0.5, 0.6) is 0 Å². The summed E-state index contributed by atoms with van der Waals surface area (Å²) in [6.45, 7) is 0. The average molecular weight is 242 g/mol. The summed E-state index contributed by atoms with van der Waals surface area (Å²) in [5.74, 6) is 0. The van der Waals surface area contributed by atoms with Gasteiger partial charge in [-0.25, -0.2) is 4.39 Å². The minimum Gasteiger partial charge on any atom is -0.322 e. The highest BCUT2D eigenvalue weighted by atomic mass is 35.5. The molecule has 0 saturated heterocycles. The topological polar surface area (TPSA) is 26.0 Å². The predicted molar refractivity (Wildman–Crippen MR) is 65.3 cm³/mol. The van der Waals surface area contributed by atoms with Crippen molar-refractivity contribution in [3.63, 3.8) is 0 Å². The third-order valence-electron chi connectivity index (χ3n) is 3.47. The second-order valence-corrected chi connectivity index (χ2v) is 5.09. The zero-order chi connectivity index (χ0) is 11.6. The Morgan fingerprint density at radius 3 is 2.44 bits per heavy atom. The highest BCUT2D eigenvalue weighted by molar-refractivity contribution is 6.31. The first-order valence-corrected chi connectivity index (χ1v) is 6.19. The minimum atomic E-state index is -1.15. The number of hydrogen-bond donors (Lipinski definition) is 1. The van der Waals surface area contributed by atoms with Gasteiger partial charge >= 0.3 is 0 Å². The first kappa shape index (κ1) is 11.9. The summed E-state index contributed by atoms with van der Waals surface area (Å²) in [6.07, 6.45) is 3.54. The van der Waals surface area contributed by atoms with Crippen molar-refractivity contribution in [1.29, 1.82) is 0 Å². The van der Waals surface area contributed by atoms with Crippen LogP contribution >= 0.6 is 11.6 Å². The molecule has 0 heterocycles. The number of alkyl halides is 1. The maximum absolute atomic E-state index is 14.5. The average Bonchev–Trinajstić information content (AvgIpc) is 2.30. The zero-order valence-electron chi connectivity index (χ0n) is 9.26. The van der Waals surface area contributed by atoms with Crippen molar-refractivity contribution in [3.8, 4) is 0 Å². The molecule has 0 aliphatic heterocycles. The van der Waals surface area contributed by atoms with Gasteiger partial charge in [-0.2, -0.15) is 0 Å². The number of benzene rings is 1. The first-order chi connectivity index (χ1) is 7.63. The van der Waals surface area contributed by atoms with Crippen molar-refractivity contribution in [2.45, 2.75) is 43.8 Å². The molecule has 16 heavy (non-hydrogen) atoms. The van der Waals surface area contributed by atoms with E-state index in [1.165, 1.54) is 0 Å². The molecule has 1 aromatic rings. The third-order valence-corrected chi connectivity index (χ3v) is 3.81. The Morgan fingerprint density at radius 1 is 1.19 bits per heavy atom. The van der Waals surface area contributed by atoms with E-state index in [9.17, 15) is 4.39 Å². The number of rotatable bonds is 2. The van der Waals surface area contributed by atoms with E-state index in [-0.39, 0.29) is 0 Å². The molecule has 1 aromatic carbocycles. The van der Waals surface area contributed by atoms with Crippen LogP contribution in [-0.4, -0.2) is 5.54 Å². The summed E-state index contributed by atoms with van der Waals surface area (Å²) < 4.78 is 14.5. The fraction of sp³-hybridized carbons (Fsp3) is 0.538. The van der Waals surface area contributed by atoms with E-state index in [0.717, 1.165) is 32.1 Å². The summed E-state index contributed by atoms with van der Waals surface area (Å²) in [5, 5.41) is 0.477. The molecule has 0 bridgehead atoms. The van der Waals surface area contributed by atoms with Gasteiger partial charge in [0.1, 0.15) is 6.17 Å². The van der Waals surface area contributed by atoms with Crippen LogP contribution in [0.15, 0.2) is 24.3 Å². The van der Waals surface area contributed by atoms with E-state index in [4.69, 9.17) is 17.3 Å². The lowest BCUT2D eigenvalue weighted by atomic mass is 9.77. The van der Waals surface area contributed by atoms with Crippen molar-refractivity contribution < 1.29 is 4.39 Å². The molecule has 1 aliphatic carbocycles. The van der Waals surface area contributed by atoms with Crippen LogP contribution in [0.25, 0.3) is 0 Å². The number of hydrogen-bond acceptors (Lipinski definition) is 1. The second kappa shape index (κ2) is 4.72. The molecule has 1 atom stereocenters. The molecule has 0 amide bonds. The molecule has 3 heteroatoms. The smallest absolute Gasteiger partial charge is 0.144 e. The quantitative estimate of drug-likeness (QED) is 0.832. The fourth-order valence-electron chi connectivity index (χ4n) is 2.45. The van der Waals surface area contributed by atoms with Crippen LogP contribution in [0.2, 0.25) is 5.02 Å². The lowest BCUT2D eigenvalue weighted by Gasteiger charge is -2.36. The minimum absolute atomic E-state index is 0.477. The van der Waals surface area contributed by atoms with Gasteiger partial charge in [0.05, 0.1) is 5.54 Å². The first-order valence-electron chi connectivity index (χ1n) is 5.81. The van der Waals surface area contributed by atoms with Gasteiger partial charge in [-0.1, -0.05) is 49.1 Å². The standard InChI is InChI=1S/C13H17ClFN/c14-11-7-3-2-6-10(11)12(15)13(16)8-4-1-5-9-13/h2-3,6-7,12H,1,4-5,8-9,16H2. The molecule has 2 N–H and O–H groups in total. The summed E-state index contributed by atoms with van der Waals surface area (Å²) in [5.41, 5.74) is 5.99. The van der Waals surface area contributed by atoms with Crippen LogP contribution in [0.3, 0.4) is 0 Å². The number of halogens is 2. The maximum Gasteiger partial charge on any atom is 0.144 e. The molecule has 0 aromatic heterocycles. The van der Waals surface area contributed by atoms with Crippen molar-refractivity contribution in [3.05, 3.63) is 34.9 Å². The maximum atomic E-state index is 14.5. The lowest BCUT2D eigenvalue weighted by molar-refractivity contribution is 0.143. The summed E-state index contributed by atoms with van der Waals surface area (Å²) in [6, 6.07) is 7.06. The van der Waals surface area contributed by atoms with Gasteiger partial charge in [0.15, 0.2) is 0 Å². The predicted octanol–water partition coefficient (Wildman–Crippen LogP) is 4.01. The van der Waals surface area contributed by atoms with Crippen LogP contribution in [-0.2, 0) is 0 Å². The van der Waals surface area contributed by atoms with Gasteiger partial charge in [-0.05, 0) is 18.9 Å². The van der Waals surface area contributed by atoms with Crippen molar-refractivity contribution in [1.82, 2.24) is 0 Å². The van der Waals surface area contributed by atoms with Crippen LogP contribution in [0, 0.1) is 0 Å². The van der Waals surface area contributed by atoms with Crippen molar-refractivity contribution in [2.24, 2.45) is 5.73 Å². The lowest BCUT2D eigenvalue weighted by Crippen LogP contribution is -2.45. The van der Waals surface area contributed by atoms with Crippen molar-refractivity contribution in [2.75, 3.05) is 0 Å². The molecular weight excluding hydrogens is 225 g/mol. The second-order valence-electron chi connectivity index (χ2n) is 4.68. The highest BCUT2D eigenvalue weighted by Crippen LogP contribution is 2.40. The molecule has 1 unspecified atom stereocenters. The monoisotopic (exact) mass is 241 g/mol. The van der Waals surface area contributed by atoms with E-state index in [2.05, 4.69) is 0 Å². The van der Waals surface area contributed by atoms with Crippen LogP contribution in [0.1, 0.15) is 43.8 Å². The third kappa shape index (κ3) is 2.23. The van der Waals surface area contributed by atoms with Crippen molar-refractivity contribution >= 4 is 11.6 Å². The van der Waals surface area contributed by atoms with Crippen LogP contribution < -0.4 is 5.73 Å². The summed E-state index contributed by atoms with van der Waals surface area (Å²) >= 11 is 6.00. The van der Waals surface area contributed by atoms with Gasteiger partial charge in [-0.15, -0.1) is 0 Å². The molecule has 1 aliphatic rings. The summed E-state index contributed by atoms with van der Waals surface area (Å²) in [7, 11) is 0. The fourth-order valence-corrected chi connectivity index (χ4v) is 2.69. The van der Waals surface area contributed by atoms with Gasteiger partial charge in [-0.3, -0.25) is 0 Å². The highest BCUT2D eigenvalue weighted by Gasteiger charge is 2.38. The molecule has 1 fully saturated rings.